The van der Waals surface area contributed by atoms with E-state index in [0.717, 1.165) is 6.07 Å². The Balaban J connectivity index is 1.50. The predicted molar refractivity (Wildman–Crippen MR) is 88.1 cm³/mol. The number of nitro benzene ring substituents is 1. The summed E-state index contributed by atoms with van der Waals surface area (Å²) in [5.41, 5.74) is 0.0146. The van der Waals surface area contributed by atoms with Crippen molar-refractivity contribution in [2.75, 3.05) is 6.79 Å². The summed E-state index contributed by atoms with van der Waals surface area (Å²) in [5.74, 6) is -0.153. The quantitative estimate of drug-likeness (QED) is 0.379. The van der Waals surface area contributed by atoms with Crippen LogP contribution in [0.1, 0.15) is 16.2 Å². The van der Waals surface area contributed by atoms with Crippen LogP contribution in [0.2, 0.25) is 0 Å². The maximum absolute atomic E-state index is 12.3. The molecule has 0 bridgehead atoms. The number of carbonyl (C=O) groups excluding carboxylic acids is 1. The lowest BCUT2D eigenvalue weighted by Crippen LogP contribution is -2.08. The Labute approximate surface area is 151 Å². The van der Waals surface area contributed by atoms with Crippen molar-refractivity contribution in [1.82, 2.24) is 10.2 Å². The predicted octanol–water partition coefficient (Wildman–Crippen LogP) is 2.73. The van der Waals surface area contributed by atoms with Crippen LogP contribution in [0.15, 0.2) is 46.9 Å². The van der Waals surface area contributed by atoms with Gasteiger partial charge >= 0.3 is 5.97 Å². The van der Waals surface area contributed by atoms with Crippen molar-refractivity contribution >= 4 is 11.7 Å². The molecule has 0 N–H and O–H groups in total. The van der Waals surface area contributed by atoms with E-state index in [-0.39, 0.29) is 42.2 Å². The smallest absolute Gasteiger partial charge is 0.345 e. The Kier molecular flexibility index (Phi) is 4.13. The summed E-state index contributed by atoms with van der Waals surface area (Å²) in [4.78, 5) is 22.8. The van der Waals surface area contributed by atoms with Gasteiger partial charge in [0.2, 0.25) is 12.7 Å². The van der Waals surface area contributed by atoms with Gasteiger partial charge in [-0.05, 0) is 12.1 Å². The zero-order valence-electron chi connectivity index (χ0n) is 13.7. The summed E-state index contributed by atoms with van der Waals surface area (Å²) < 4.78 is 20.7. The van der Waals surface area contributed by atoms with Gasteiger partial charge in [0.1, 0.15) is 5.56 Å². The molecule has 27 heavy (non-hydrogen) atoms. The number of rotatable bonds is 5. The number of nitro groups is 1. The summed E-state index contributed by atoms with van der Waals surface area (Å²) in [6, 6.07) is 11.4. The normalized spacial score (nSPS) is 12.0. The number of ether oxygens (including phenoxy) is 3. The molecule has 0 unspecified atom stereocenters. The maximum atomic E-state index is 12.3. The number of esters is 1. The van der Waals surface area contributed by atoms with E-state index in [1.807, 2.05) is 18.2 Å². The fourth-order valence-electron chi connectivity index (χ4n) is 2.46. The number of aromatic nitrogens is 2. The van der Waals surface area contributed by atoms with Crippen LogP contribution in [0.5, 0.6) is 11.5 Å². The molecule has 1 aliphatic heterocycles. The first-order valence-corrected chi connectivity index (χ1v) is 7.75. The molecule has 1 aromatic heterocycles. The highest BCUT2D eigenvalue weighted by atomic mass is 16.7. The molecule has 0 saturated heterocycles. The van der Waals surface area contributed by atoms with Gasteiger partial charge in [-0.25, -0.2) is 4.79 Å². The van der Waals surface area contributed by atoms with Crippen molar-refractivity contribution in [2.45, 2.75) is 6.61 Å². The molecule has 136 valence electrons. The third kappa shape index (κ3) is 3.27. The van der Waals surface area contributed by atoms with Crippen molar-refractivity contribution in [2.24, 2.45) is 0 Å². The van der Waals surface area contributed by atoms with Crippen molar-refractivity contribution in [1.29, 1.82) is 0 Å². The maximum Gasteiger partial charge on any atom is 0.345 e. The largest absolute Gasteiger partial charge is 0.454 e. The summed E-state index contributed by atoms with van der Waals surface area (Å²) in [5, 5.41) is 18.9. The minimum atomic E-state index is -0.917. The number of hydrogen-bond donors (Lipinski definition) is 0. The summed E-state index contributed by atoms with van der Waals surface area (Å²) in [6.07, 6.45) is 0. The van der Waals surface area contributed by atoms with Gasteiger partial charge in [-0.2, -0.15) is 0 Å². The molecule has 0 fully saturated rings. The topological polar surface area (TPSA) is 127 Å². The van der Waals surface area contributed by atoms with Crippen LogP contribution in [0, 0.1) is 10.1 Å². The Morgan fingerprint density at radius 2 is 1.89 bits per heavy atom. The van der Waals surface area contributed by atoms with Gasteiger partial charge in [-0.15, -0.1) is 10.2 Å². The minimum absolute atomic E-state index is 0.0607. The molecule has 1 aliphatic rings. The van der Waals surface area contributed by atoms with Crippen molar-refractivity contribution in [3.05, 3.63) is 64.0 Å². The van der Waals surface area contributed by atoms with Crippen LogP contribution < -0.4 is 9.47 Å². The number of benzene rings is 2. The Bertz CT molecular complexity index is 1020. The highest BCUT2D eigenvalue weighted by Gasteiger charge is 2.28. The number of nitrogens with zero attached hydrogens (tertiary/aromatic N) is 3. The third-order valence-corrected chi connectivity index (χ3v) is 3.72. The molecule has 0 atom stereocenters. The van der Waals surface area contributed by atoms with Crippen LogP contribution in [0.25, 0.3) is 11.5 Å². The van der Waals surface area contributed by atoms with Crippen molar-refractivity contribution in [3.8, 4) is 23.0 Å². The standard InChI is InChI=1S/C17H11N3O7/c21-17(11-6-13-14(26-9-25-13)7-12(11)20(22)23)24-8-15-18-19-16(27-15)10-4-2-1-3-5-10/h1-7H,8-9H2. The van der Waals surface area contributed by atoms with E-state index in [0.29, 0.717) is 5.56 Å². The molecule has 0 radical (unpaired) electrons. The second-order valence-electron chi connectivity index (χ2n) is 5.42. The molecule has 0 aliphatic carbocycles. The second-order valence-corrected chi connectivity index (χ2v) is 5.42. The second kappa shape index (κ2) is 6.75. The highest BCUT2D eigenvalue weighted by molar-refractivity contribution is 5.95. The Hall–Kier alpha value is -3.95. The minimum Gasteiger partial charge on any atom is -0.454 e. The molecule has 10 heteroatoms. The third-order valence-electron chi connectivity index (χ3n) is 3.72. The summed E-state index contributed by atoms with van der Waals surface area (Å²) in [6.45, 7) is -0.403. The average molecular weight is 369 g/mol. The van der Waals surface area contributed by atoms with E-state index in [1.165, 1.54) is 6.07 Å². The zero-order valence-corrected chi connectivity index (χ0v) is 13.7. The van der Waals surface area contributed by atoms with Gasteiger partial charge in [0.05, 0.1) is 11.0 Å². The van der Waals surface area contributed by atoms with E-state index >= 15 is 0 Å². The van der Waals surface area contributed by atoms with E-state index in [9.17, 15) is 14.9 Å². The molecule has 4 rings (SSSR count). The van der Waals surface area contributed by atoms with Crippen LogP contribution >= 0.6 is 0 Å². The van der Waals surface area contributed by atoms with E-state index < -0.39 is 16.6 Å². The van der Waals surface area contributed by atoms with Crippen LogP contribution in [0.4, 0.5) is 5.69 Å². The molecule has 0 amide bonds. The number of carbonyl (C=O) groups is 1. The highest BCUT2D eigenvalue weighted by Crippen LogP contribution is 2.38. The number of fused-ring (bicyclic) bond motifs is 1. The van der Waals surface area contributed by atoms with Crippen molar-refractivity contribution < 1.29 is 28.3 Å². The fraction of sp³-hybridized carbons (Fsp3) is 0.118. The van der Waals surface area contributed by atoms with Crippen LogP contribution in [0.3, 0.4) is 0 Å². The lowest BCUT2D eigenvalue weighted by Gasteiger charge is -2.04. The van der Waals surface area contributed by atoms with Crippen LogP contribution in [-0.2, 0) is 11.3 Å². The molecular formula is C17H11N3O7. The first-order chi connectivity index (χ1) is 13.1. The molecular weight excluding hydrogens is 358 g/mol. The molecule has 2 heterocycles. The first kappa shape index (κ1) is 16.5. The van der Waals surface area contributed by atoms with E-state index in [1.54, 1.807) is 12.1 Å². The van der Waals surface area contributed by atoms with Gasteiger partial charge in [-0.3, -0.25) is 10.1 Å². The lowest BCUT2D eigenvalue weighted by atomic mass is 10.1. The molecule has 0 spiro atoms. The summed E-state index contributed by atoms with van der Waals surface area (Å²) >= 11 is 0. The fourth-order valence-corrected chi connectivity index (χ4v) is 2.46. The Morgan fingerprint density at radius 3 is 2.63 bits per heavy atom. The van der Waals surface area contributed by atoms with E-state index in [4.69, 9.17) is 18.6 Å². The number of hydrogen-bond acceptors (Lipinski definition) is 9. The average Bonchev–Trinajstić information content (AvgIpc) is 3.34. The lowest BCUT2D eigenvalue weighted by molar-refractivity contribution is -0.385. The Morgan fingerprint density at radius 1 is 1.15 bits per heavy atom. The van der Waals surface area contributed by atoms with Gasteiger partial charge < -0.3 is 18.6 Å². The molecule has 0 saturated carbocycles. The first-order valence-electron chi connectivity index (χ1n) is 7.75. The monoisotopic (exact) mass is 369 g/mol. The van der Waals surface area contributed by atoms with Gasteiger partial charge in [0, 0.05) is 11.6 Å². The van der Waals surface area contributed by atoms with Crippen molar-refractivity contribution in [3.63, 3.8) is 0 Å². The molecule has 3 aromatic rings. The molecule has 10 nitrogen and oxygen atoms in total. The zero-order chi connectivity index (χ0) is 18.8. The van der Waals surface area contributed by atoms with E-state index in [2.05, 4.69) is 10.2 Å². The SMILES string of the molecule is O=C(OCc1nnc(-c2ccccc2)o1)c1cc2c(cc1[N+](=O)[O-])OCO2. The van der Waals surface area contributed by atoms with Crippen LogP contribution in [-0.4, -0.2) is 27.9 Å². The van der Waals surface area contributed by atoms with Gasteiger partial charge in [0.25, 0.3) is 11.6 Å². The molecule has 2 aromatic carbocycles. The summed E-state index contributed by atoms with van der Waals surface area (Å²) in [7, 11) is 0. The van der Waals surface area contributed by atoms with Gasteiger partial charge in [0.15, 0.2) is 18.1 Å². The van der Waals surface area contributed by atoms with Gasteiger partial charge in [-0.1, -0.05) is 18.2 Å².